The number of halogens is 1. The second-order valence-electron chi connectivity index (χ2n) is 3.76. The summed E-state index contributed by atoms with van der Waals surface area (Å²) in [6.07, 6.45) is 0.409. The maximum Gasteiger partial charge on any atom is 0.150 e. The van der Waals surface area contributed by atoms with Crippen molar-refractivity contribution in [3.05, 3.63) is 51.6 Å². The average Bonchev–Trinajstić information content (AvgIpc) is 2.35. The van der Waals surface area contributed by atoms with E-state index in [1.807, 2.05) is 42.5 Å². The molecule has 0 aliphatic carbocycles. The van der Waals surface area contributed by atoms with E-state index in [1.165, 1.54) is 0 Å². The lowest BCUT2D eigenvalue weighted by Gasteiger charge is -2.09. The fraction of sp³-hybridized carbons (Fsp3) is 0.0714. The zero-order chi connectivity index (χ0) is 13.0. The van der Waals surface area contributed by atoms with Gasteiger partial charge in [0, 0.05) is 3.57 Å². The predicted octanol–water partition coefficient (Wildman–Crippen LogP) is 3.73. The Bertz CT molecular complexity index is 588. The van der Waals surface area contributed by atoms with E-state index in [0.717, 1.165) is 9.13 Å². The minimum Gasteiger partial charge on any atom is -0.455 e. The molecule has 2 rings (SSSR count). The summed E-state index contributed by atoms with van der Waals surface area (Å²) in [5.74, 6) is 1.35. The van der Waals surface area contributed by atoms with Crippen LogP contribution in [-0.2, 0) is 6.42 Å². The number of nitrogens with zero attached hydrogens (tertiary/aromatic N) is 1. The van der Waals surface area contributed by atoms with E-state index in [9.17, 15) is 0 Å². The Hall–Kier alpha value is -1.74. The van der Waals surface area contributed by atoms with Crippen LogP contribution in [0, 0.1) is 14.9 Å². The number of ether oxygens (including phenoxy) is 1. The third-order valence-electron chi connectivity index (χ3n) is 2.41. The van der Waals surface area contributed by atoms with E-state index < -0.39 is 0 Å². The summed E-state index contributed by atoms with van der Waals surface area (Å²) in [5.41, 5.74) is 7.46. The van der Waals surface area contributed by atoms with Gasteiger partial charge in [-0.1, -0.05) is 12.1 Å². The van der Waals surface area contributed by atoms with Gasteiger partial charge < -0.3 is 10.5 Å². The van der Waals surface area contributed by atoms with Crippen molar-refractivity contribution in [3.63, 3.8) is 0 Å². The van der Waals surface area contributed by atoms with Gasteiger partial charge in [0.05, 0.1) is 18.2 Å². The summed E-state index contributed by atoms with van der Waals surface area (Å²) in [6.45, 7) is 0. The molecule has 0 heterocycles. The highest BCUT2D eigenvalue weighted by Crippen LogP contribution is 2.28. The van der Waals surface area contributed by atoms with Crippen LogP contribution in [0.2, 0.25) is 0 Å². The smallest absolute Gasteiger partial charge is 0.150 e. The summed E-state index contributed by atoms with van der Waals surface area (Å²) >= 11 is 2.20. The number of anilines is 1. The van der Waals surface area contributed by atoms with Crippen LogP contribution in [0.25, 0.3) is 0 Å². The number of nitrogen functional groups attached to an aromatic ring is 1. The van der Waals surface area contributed by atoms with Crippen LogP contribution in [0.15, 0.2) is 42.5 Å². The van der Waals surface area contributed by atoms with Gasteiger partial charge >= 0.3 is 0 Å². The molecule has 0 unspecified atom stereocenters. The first-order chi connectivity index (χ1) is 8.69. The first-order valence-electron chi connectivity index (χ1n) is 5.38. The van der Waals surface area contributed by atoms with E-state index in [2.05, 4.69) is 28.7 Å². The maximum atomic E-state index is 8.59. The monoisotopic (exact) mass is 350 g/mol. The van der Waals surface area contributed by atoms with Crippen molar-refractivity contribution in [3.8, 4) is 17.6 Å². The summed E-state index contributed by atoms with van der Waals surface area (Å²) in [4.78, 5) is 0. The van der Waals surface area contributed by atoms with Crippen LogP contribution >= 0.6 is 22.6 Å². The molecule has 3 nitrogen and oxygen atoms in total. The molecule has 0 fully saturated rings. The van der Waals surface area contributed by atoms with Crippen LogP contribution < -0.4 is 10.5 Å². The van der Waals surface area contributed by atoms with Crippen LogP contribution in [0.1, 0.15) is 5.56 Å². The molecule has 18 heavy (non-hydrogen) atoms. The quantitative estimate of drug-likeness (QED) is 0.678. The zero-order valence-corrected chi connectivity index (χ0v) is 11.7. The minimum atomic E-state index is 0.409. The van der Waals surface area contributed by atoms with Crippen molar-refractivity contribution in [2.24, 2.45) is 0 Å². The van der Waals surface area contributed by atoms with Crippen LogP contribution in [0.5, 0.6) is 11.5 Å². The molecule has 4 heteroatoms. The fourth-order valence-electron chi connectivity index (χ4n) is 1.51. The minimum absolute atomic E-state index is 0.409. The van der Waals surface area contributed by atoms with Gasteiger partial charge in [0.15, 0.2) is 0 Å². The average molecular weight is 350 g/mol. The molecule has 90 valence electrons. The van der Waals surface area contributed by atoms with Gasteiger partial charge in [-0.15, -0.1) is 0 Å². The Balaban J connectivity index is 2.16. The normalized spacial score (nSPS) is 9.78. The van der Waals surface area contributed by atoms with Gasteiger partial charge in [0.1, 0.15) is 11.5 Å². The number of rotatable bonds is 3. The molecule has 0 aliphatic rings. The fourth-order valence-corrected chi connectivity index (χ4v) is 2.02. The first kappa shape index (κ1) is 12.7. The Morgan fingerprint density at radius 3 is 2.50 bits per heavy atom. The van der Waals surface area contributed by atoms with E-state index in [0.29, 0.717) is 23.6 Å². The highest BCUT2D eigenvalue weighted by atomic mass is 127. The predicted molar refractivity (Wildman–Crippen MR) is 79.4 cm³/mol. The maximum absolute atomic E-state index is 8.59. The van der Waals surface area contributed by atoms with E-state index in [4.69, 9.17) is 15.7 Å². The van der Waals surface area contributed by atoms with Gasteiger partial charge in [-0.3, -0.25) is 0 Å². The molecule has 2 aromatic rings. The summed E-state index contributed by atoms with van der Waals surface area (Å²) in [5, 5.41) is 8.59. The largest absolute Gasteiger partial charge is 0.455 e. The second-order valence-corrected chi connectivity index (χ2v) is 5.01. The lowest BCUT2D eigenvalue weighted by molar-refractivity contribution is 0.485. The van der Waals surface area contributed by atoms with E-state index >= 15 is 0 Å². The number of nitriles is 1. The number of hydrogen-bond donors (Lipinski definition) is 1. The van der Waals surface area contributed by atoms with E-state index in [-0.39, 0.29) is 0 Å². The standard InChI is InChI=1S/C14H11IN2O/c15-11-3-6-14(13(17)9-11)18-12-4-1-10(2-5-12)7-8-16/h1-6,9H,7,17H2. The molecule has 0 radical (unpaired) electrons. The molecule has 2 N–H and O–H groups in total. The molecule has 0 aromatic heterocycles. The van der Waals surface area contributed by atoms with Gasteiger partial charge in [-0.05, 0) is 58.5 Å². The van der Waals surface area contributed by atoms with Crippen molar-refractivity contribution in [2.45, 2.75) is 6.42 Å². The third-order valence-corrected chi connectivity index (χ3v) is 3.08. The van der Waals surface area contributed by atoms with Gasteiger partial charge in [-0.2, -0.15) is 5.26 Å². The summed E-state index contributed by atoms with van der Waals surface area (Å²) in [6, 6.07) is 15.2. The molecule has 0 saturated carbocycles. The molecule has 0 spiro atoms. The van der Waals surface area contributed by atoms with Crippen molar-refractivity contribution in [1.82, 2.24) is 0 Å². The second kappa shape index (κ2) is 5.74. The van der Waals surface area contributed by atoms with Crippen LogP contribution in [0.3, 0.4) is 0 Å². The Labute approximate surface area is 119 Å². The zero-order valence-electron chi connectivity index (χ0n) is 9.56. The Morgan fingerprint density at radius 1 is 1.17 bits per heavy atom. The lowest BCUT2D eigenvalue weighted by Crippen LogP contribution is -1.92. The van der Waals surface area contributed by atoms with Crippen LogP contribution in [-0.4, -0.2) is 0 Å². The molecule has 0 saturated heterocycles. The first-order valence-corrected chi connectivity index (χ1v) is 6.45. The SMILES string of the molecule is N#CCc1ccc(Oc2ccc(I)cc2N)cc1. The molecule has 0 amide bonds. The van der Waals surface area contributed by atoms with Crippen molar-refractivity contribution >= 4 is 28.3 Å². The molecular weight excluding hydrogens is 339 g/mol. The Morgan fingerprint density at radius 2 is 1.89 bits per heavy atom. The van der Waals surface area contributed by atoms with E-state index in [1.54, 1.807) is 0 Å². The highest BCUT2D eigenvalue weighted by molar-refractivity contribution is 14.1. The molecular formula is C14H11IN2O. The van der Waals surface area contributed by atoms with Gasteiger partial charge in [-0.25, -0.2) is 0 Å². The van der Waals surface area contributed by atoms with Crippen molar-refractivity contribution in [2.75, 3.05) is 5.73 Å². The number of benzene rings is 2. The molecule has 0 atom stereocenters. The molecule has 0 aliphatic heterocycles. The molecule has 0 bridgehead atoms. The topological polar surface area (TPSA) is 59.0 Å². The highest BCUT2D eigenvalue weighted by Gasteiger charge is 2.02. The lowest BCUT2D eigenvalue weighted by atomic mass is 10.2. The molecule has 2 aromatic carbocycles. The summed E-state index contributed by atoms with van der Waals surface area (Å²) < 4.78 is 6.76. The summed E-state index contributed by atoms with van der Waals surface area (Å²) in [7, 11) is 0. The van der Waals surface area contributed by atoms with Gasteiger partial charge in [0.25, 0.3) is 0 Å². The van der Waals surface area contributed by atoms with Crippen LogP contribution in [0.4, 0.5) is 5.69 Å². The van der Waals surface area contributed by atoms with Gasteiger partial charge in [0.2, 0.25) is 0 Å². The van der Waals surface area contributed by atoms with Crippen molar-refractivity contribution < 1.29 is 4.74 Å². The number of nitrogens with two attached hydrogens (primary N) is 1. The van der Waals surface area contributed by atoms with Crippen molar-refractivity contribution in [1.29, 1.82) is 5.26 Å². The Kier molecular flexibility index (Phi) is 4.05. The third kappa shape index (κ3) is 3.14. The number of hydrogen-bond acceptors (Lipinski definition) is 3.